The highest BCUT2D eigenvalue weighted by molar-refractivity contribution is 8.00. The van der Waals surface area contributed by atoms with Gasteiger partial charge in [0.05, 0.1) is 29.6 Å². The Morgan fingerprint density at radius 3 is 2.66 bits per heavy atom. The van der Waals surface area contributed by atoms with Crippen molar-refractivity contribution in [2.45, 2.75) is 22.7 Å². The first-order chi connectivity index (χ1) is 17.1. The highest BCUT2D eigenvalue weighted by atomic mass is 32.2. The van der Waals surface area contributed by atoms with Crippen molar-refractivity contribution < 1.29 is 4.79 Å². The van der Waals surface area contributed by atoms with Crippen LogP contribution in [0.25, 0.3) is 11.1 Å². The monoisotopic (exact) mass is 480 g/mol. The molecule has 0 radical (unpaired) electrons. The molecule has 8 heteroatoms. The first-order valence-corrected chi connectivity index (χ1v) is 12.2. The number of fused-ring (bicyclic) bond motifs is 1. The first-order valence-electron chi connectivity index (χ1n) is 11.3. The van der Waals surface area contributed by atoms with E-state index in [1.807, 2.05) is 80.1 Å². The van der Waals surface area contributed by atoms with Gasteiger partial charge in [-0.05, 0) is 42.3 Å². The summed E-state index contributed by atoms with van der Waals surface area (Å²) < 4.78 is 1.74. The maximum Gasteiger partial charge on any atom is 0.239 e. The fourth-order valence-electron chi connectivity index (χ4n) is 4.14. The van der Waals surface area contributed by atoms with E-state index in [1.165, 1.54) is 11.8 Å². The number of aryl methyl sites for hydroxylation is 1. The largest absolute Gasteiger partial charge is 0.323 e. The van der Waals surface area contributed by atoms with Gasteiger partial charge in [0.2, 0.25) is 5.91 Å². The molecular weight excluding hydrogens is 456 g/mol. The number of anilines is 1. The second kappa shape index (κ2) is 10.1. The minimum atomic E-state index is -0.373. The third kappa shape index (κ3) is 5.11. The number of thioether (sulfide) groups is 1. The lowest BCUT2D eigenvalue weighted by molar-refractivity contribution is -0.116. The van der Waals surface area contributed by atoms with Gasteiger partial charge in [-0.2, -0.15) is 10.4 Å². The molecule has 1 amide bonds. The highest BCUT2D eigenvalue weighted by Crippen LogP contribution is 2.40. The minimum Gasteiger partial charge on any atom is -0.323 e. The van der Waals surface area contributed by atoms with Crippen molar-refractivity contribution in [3.63, 3.8) is 0 Å². The Hall–Kier alpha value is -3.93. The van der Waals surface area contributed by atoms with Crippen LogP contribution in [-0.2, 0) is 18.3 Å². The molecule has 2 aromatic heterocycles. The lowest BCUT2D eigenvalue weighted by atomic mass is 10.0. The standard InChI is InChI=1S/C27H24N6OS/c1-33-17-22(16-31-33)21-13-23-27(30-15-21)35-25(26(34)32-23)24(20-5-3-2-4-6-20)29-12-11-18-7-9-19(14-28)10-8-18/h2-10,13,15-17,24-25,29H,11-12H2,1H3,(H,32,34)/t24-,25+/m1/s1. The van der Waals surface area contributed by atoms with Gasteiger partial charge in [-0.3, -0.25) is 9.48 Å². The molecule has 3 heterocycles. The van der Waals surface area contributed by atoms with E-state index in [-0.39, 0.29) is 17.2 Å². The molecule has 0 unspecified atom stereocenters. The number of nitrogens with zero attached hydrogens (tertiary/aromatic N) is 4. The van der Waals surface area contributed by atoms with Gasteiger partial charge in [0.25, 0.3) is 0 Å². The van der Waals surface area contributed by atoms with Gasteiger partial charge >= 0.3 is 0 Å². The van der Waals surface area contributed by atoms with Crippen molar-refractivity contribution in [1.82, 2.24) is 20.1 Å². The van der Waals surface area contributed by atoms with Crippen molar-refractivity contribution in [3.05, 3.63) is 95.9 Å². The number of nitrogens with one attached hydrogen (secondary N) is 2. The summed E-state index contributed by atoms with van der Waals surface area (Å²) in [6.07, 6.45) is 6.32. The molecule has 1 aliphatic rings. The van der Waals surface area contributed by atoms with Gasteiger partial charge in [-0.25, -0.2) is 4.98 Å². The lowest BCUT2D eigenvalue weighted by Crippen LogP contribution is -2.41. The van der Waals surface area contributed by atoms with Gasteiger partial charge in [0.1, 0.15) is 10.3 Å². The summed E-state index contributed by atoms with van der Waals surface area (Å²) in [5, 5.41) is 20.3. The maximum atomic E-state index is 13.3. The van der Waals surface area contributed by atoms with Crippen LogP contribution < -0.4 is 10.6 Å². The van der Waals surface area contributed by atoms with Crippen LogP contribution in [-0.4, -0.2) is 32.5 Å². The Morgan fingerprint density at radius 1 is 1.14 bits per heavy atom. The molecule has 35 heavy (non-hydrogen) atoms. The van der Waals surface area contributed by atoms with E-state index in [2.05, 4.69) is 26.8 Å². The number of rotatable bonds is 7. The third-order valence-electron chi connectivity index (χ3n) is 5.97. The van der Waals surface area contributed by atoms with Crippen LogP contribution in [0, 0.1) is 11.3 Å². The van der Waals surface area contributed by atoms with Crippen LogP contribution in [0.3, 0.4) is 0 Å². The number of carbonyl (C=O) groups is 1. The average molecular weight is 481 g/mol. The highest BCUT2D eigenvalue weighted by Gasteiger charge is 2.35. The van der Waals surface area contributed by atoms with Gasteiger partial charge in [-0.15, -0.1) is 0 Å². The SMILES string of the molecule is Cn1cc(-c2cnc3c(c2)NC(=O)[C@H]([C@H](NCCc2ccc(C#N)cc2)c2ccccc2)S3)cn1. The van der Waals surface area contributed by atoms with Crippen molar-refractivity contribution in [2.75, 3.05) is 11.9 Å². The molecule has 2 aromatic carbocycles. The van der Waals surface area contributed by atoms with E-state index in [0.29, 0.717) is 12.1 Å². The van der Waals surface area contributed by atoms with Crippen LogP contribution in [0.5, 0.6) is 0 Å². The van der Waals surface area contributed by atoms with E-state index < -0.39 is 0 Å². The molecule has 0 fully saturated rings. The van der Waals surface area contributed by atoms with Crippen LogP contribution in [0.2, 0.25) is 0 Å². The Balaban J connectivity index is 1.35. The van der Waals surface area contributed by atoms with Crippen LogP contribution in [0.15, 0.2) is 84.3 Å². The van der Waals surface area contributed by atoms with E-state index in [1.54, 1.807) is 10.9 Å². The molecule has 0 spiro atoms. The smallest absolute Gasteiger partial charge is 0.239 e. The number of benzene rings is 2. The Kier molecular flexibility index (Phi) is 6.62. The number of carbonyl (C=O) groups excluding carboxylic acids is 1. The lowest BCUT2D eigenvalue weighted by Gasteiger charge is -2.31. The normalized spacial score (nSPS) is 15.7. The second-order valence-electron chi connectivity index (χ2n) is 8.41. The molecular formula is C27H24N6OS. The molecule has 4 aromatic rings. The summed E-state index contributed by atoms with van der Waals surface area (Å²) in [6, 6.07) is 21.6. The summed E-state index contributed by atoms with van der Waals surface area (Å²) in [5.74, 6) is -0.0487. The Morgan fingerprint density at radius 2 is 1.94 bits per heavy atom. The molecule has 0 saturated heterocycles. The second-order valence-corrected chi connectivity index (χ2v) is 9.54. The van der Waals surface area contributed by atoms with Gasteiger partial charge < -0.3 is 10.6 Å². The van der Waals surface area contributed by atoms with Crippen molar-refractivity contribution >= 4 is 23.4 Å². The number of aromatic nitrogens is 3. The summed E-state index contributed by atoms with van der Waals surface area (Å²) in [5.41, 5.74) is 5.43. The van der Waals surface area contributed by atoms with Gasteiger partial charge in [0.15, 0.2) is 0 Å². The number of hydrogen-bond acceptors (Lipinski definition) is 6. The van der Waals surface area contributed by atoms with E-state index in [9.17, 15) is 4.79 Å². The zero-order valence-electron chi connectivity index (χ0n) is 19.2. The summed E-state index contributed by atoms with van der Waals surface area (Å²) >= 11 is 1.49. The Bertz CT molecular complexity index is 1380. The van der Waals surface area contributed by atoms with Crippen molar-refractivity contribution in [3.8, 4) is 17.2 Å². The quantitative estimate of drug-likeness (QED) is 0.409. The number of nitriles is 1. The van der Waals surface area contributed by atoms with Crippen LogP contribution in [0.4, 0.5) is 5.69 Å². The molecule has 7 nitrogen and oxygen atoms in total. The molecule has 0 aliphatic carbocycles. The van der Waals surface area contributed by atoms with Gasteiger partial charge in [-0.1, -0.05) is 54.2 Å². The zero-order chi connectivity index (χ0) is 24.2. The van der Waals surface area contributed by atoms with E-state index in [0.717, 1.165) is 39.4 Å². The predicted molar refractivity (Wildman–Crippen MR) is 137 cm³/mol. The summed E-state index contributed by atoms with van der Waals surface area (Å²) in [6.45, 7) is 0.691. The third-order valence-corrected chi connectivity index (χ3v) is 7.26. The molecule has 0 saturated carbocycles. The summed E-state index contributed by atoms with van der Waals surface area (Å²) in [4.78, 5) is 17.9. The predicted octanol–water partition coefficient (Wildman–Crippen LogP) is 4.34. The fourth-order valence-corrected chi connectivity index (χ4v) is 5.29. The number of amides is 1. The number of pyridine rings is 1. The van der Waals surface area contributed by atoms with E-state index in [4.69, 9.17) is 5.26 Å². The zero-order valence-corrected chi connectivity index (χ0v) is 20.0. The van der Waals surface area contributed by atoms with Crippen molar-refractivity contribution in [2.24, 2.45) is 7.05 Å². The molecule has 5 rings (SSSR count). The summed E-state index contributed by atoms with van der Waals surface area (Å²) in [7, 11) is 1.87. The van der Waals surface area contributed by atoms with Crippen LogP contribution in [0.1, 0.15) is 22.7 Å². The molecule has 1 aliphatic heterocycles. The topological polar surface area (TPSA) is 95.6 Å². The number of hydrogen-bond donors (Lipinski definition) is 2. The fraction of sp³-hybridized carbons (Fsp3) is 0.185. The molecule has 174 valence electrons. The van der Waals surface area contributed by atoms with Gasteiger partial charge in [0, 0.05) is 30.6 Å². The van der Waals surface area contributed by atoms with Crippen molar-refractivity contribution in [1.29, 1.82) is 5.26 Å². The average Bonchev–Trinajstić information content (AvgIpc) is 3.33. The molecule has 0 bridgehead atoms. The maximum absolute atomic E-state index is 13.3. The van der Waals surface area contributed by atoms with Crippen LogP contribution >= 0.6 is 11.8 Å². The molecule has 2 atom stereocenters. The first kappa shape index (κ1) is 22.8. The van der Waals surface area contributed by atoms with E-state index >= 15 is 0 Å². The minimum absolute atomic E-state index is 0.0487. The molecule has 2 N–H and O–H groups in total. The Labute approximate surface area is 208 Å².